The Morgan fingerprint density at radius 3 is 1.75 bits per heavy atom. The van der Waals surface area contributed by atoms with Crippen LogP contribution in [-0.4, -0.2) is 48.8 Å². The molecule has 0 saturated heterocycles. The largest absolute Gasteiger partial charge is 0.481 e. The molecule has 8 nitrogen and oxygen atoms in total. The van der Waals surface area contributed by atoms with Crippen LogP contribution in [0.3, 0.4) is 0 Å². The summed E-state index contributed by atoms with van der Waals surface area (Å²) < 4.78 is 15.1. The van der Waals surface area contributed by atoms with E-state index < -0.39 is 40.1 Å². The van der Waals surface area contributed by atoms with Gasteiger partial charge < -0.3 is 19.3 Å². The van der Waals surface area contributed by atoms with Crippen LogP contribution in [0.5, 0.6) is 0 Å². The van der Waals surface area contributed by atoms with Crippen LogP contribution in [0.15, 0.2) is 0 Å². The molecular formula is C20H34O8. The summed E-state index contributed by atoms with van der Waals surface area (Å²) in [5.41, 5.74) is -3.42. The summed E-state index contributed by atoms with van der Waals surface area (Å²) in [6.07, 6.45) is 0.396. The Morgan fingerprint density at radius 1 is 0.786 bits per heavy atom. The van der Waals surface area contributed by atoms with E-state index in [2.05, 4.69) is 0 Å². The topological polar surface area (TPSA) is 116 Å². The second kappa shape index (κ2) is 10.4. The van der Waals surface area contributed by atoms with E-state index in [1.807, 2.05) is 0 Å². The maximum Gasteiger partial charge on any atom is 0.311 e. The van der Waals surface area contributed by atoms with E-state index in [9.17, 15) is 24.3 Å². The minimum Gasteiger partial charge on any atom is -0.481 e. The summed E-state index contributed by atoms with van der Waals surface area (Å²) in [4.78, 5) is 47.7. The minimum absolute atomic E-state index is 0.0226. The van der Waals surface area contributed by atoms with E-state index in [1.165, 1.54) is 6.92 Å². The molecule has 0 fully saturated rings. The van der Waals surface area contributed by atoms with Crippen LogP contribution in [0.2, 0.25) is 0 Å². The van der Waals surface area contributed by atoms with Crippen molar-refractivity contribution in [3.8, 4) is 0 Å². The number of hydrogen-bond donors (Lipinski definition) is 1. The Hall–Kier alpha value is -2.12. The fourth-order valence-electron chi connectivity index (χ4n) is 3.29. The molecule has 2 unspecified atom stereocenters. The molecule has 0 aliphatic heterocycles. The van der Waals surface area contributed by atoms with Crippen LogP contribution in [0, 0.1) is 16.2 Å². The Labute approximate surface area is 166 Å². The van der Waals surface area contributed by atoms with Crippen molar-refractivity contribution < 1.29 is 38.5 Å². The number of hydrogen-bond acceptors (Lipinski definition) is 7. The van der Waals surface area contributed by atoms with Gasteiger partial charge in [-0.2, -0.15) is 0 Å². The molecule has 162 valence electrons. The van der Waals surface area contributed by atoms with Crippen LogP contribution in [-0.2, 0) is 33.4 Å². The number of rotatable bonds is 12. The monoisotopic (exact) mass is 402 g/mol. The molecule has 0 aliphatic rings. The molecule has 0 saturated carbocycles. The van der Waals surface area contributed by atoms with Crippen molar-refractivity contribution >= 4 is 23.9 Å². The van der Waals surface area contributed by atoms with Crippen molar-refractivity contribution in [2.45, 2.75) is 67.7 Å². The van der Waals surface area contributed by atoms with E-state index in [-0.39, 0.29) is 32.7 Å². The van der Waals surface area contributed by atoms with Crippen LogP contribution >= 0.6 is 0 Å². The number of carboxylic acids is 1. The number of ether oxygens (including phenoxy) is 3. The molecule has 8 heteroatoms. The molecule has 28 heavy (non-hydrogen) atoms. The molecule has 0 heterocycles. The van der Waals surface area contributed by atoms with Gasteiger partial charge in [0.25, 0.3) is 0 Å². The van der Waals surface area contributed by atoms with Gasteiger partial charge in [0, 0.05) is 6.92 Å². The summed E-state index contributed by atoms with van der Waals surface area (Å²) in [5, 5.41) is 9.62. The molecule has 0 aromatic carbocycles. The van der Waals surface area contributed by atoms with Gasteiger partial charge in [-0.3, -0.25) is 19.2 Å². The quantitative estimate of drug-likeness (QED) is 0.301. The first-order chi connectivity index (χ1) is 12.7. The molecule has 0 radical (unpaired) electrons. The van der Waals surface area contributed by atoms with Crippen molar-refractivity contribution in [3.05, 3.63) is 0 Å². The number of carboxylic acid groups (broad SMARTS) is 1. The average molecular weight is 402 g/mol. The lowest BCUT2D eigenvalue weighted by Gasteiger charge is -2.38. The van der Waals surface area contributed by atoms with Crippen LogP contribution in [0.25, 0.3) is 0 Å². The van der Waals surface area contributed by atoms with Crippen LogP contribution < -0.4 is 0 Å². The molecule has 0 amide bonds. The molecule has 0 aromatic heterocycles. The highest BCUT2D eigenvalue weighted by molar-refractivity contribution is 5.82. The zero-order valence-corrected chi connectivity index (χ0v) is 18.0. The maximum absolute atomic E-state index is 12.7. The minimum atomic E-state index is -1.20. The summed E-state index contributed by atoms with van der Waals surface area (Å²) in [6.45, 7) is 11.1. The summed E-state index contributed by atoms with van der Waals surface area (Å²) in [5.74, 6) is -2.59. The molecule has 1 N–H and O–H groups in total. The summed E-state index contributed by atoms with van der Waals surface area (Å²) in [6, 6.07) is 0. The smallest absolute Gasteiger partial charge is 0.311 e. The Bertz CT molecular complexity index is 583. The number of esters is 3. The lowest BCUT2D eigenvalue weighted by molar-refractivity contribution is -0.168. The first-order valence-corrected chi connectivity index (χ1v) is 9.45. The van der Waals surface area contributed by atoms with Gasteiger partial charge in [0.2, 0.25) is 0 Å². The van der Waals surface area contributed by atoms with Gasteiger partial charge in [-0.1, -0.05) is 6.92 Å². The number of carbonyl (C=O) groups excluding carboxylic acids is 3. The SMILES string of the molecule is CCOC(=O)C(C)(CC(C)(C)C(=O)OCCOC(C)=O)CC(C)(CC)C(=O)O. The highest BCUT2D eigenvalue weighted by Gasteiger charge is 2.49. The number of aliphatic carboxylic acids is 1. The molecule has 2 atom stereocenters. The first kappa shape index (κ1) is 25.9. The molecule has 0 rings (SSSR count). The van der Waals surface area contributed by atoms with E-state index >= 15 is 0 Å². The summed E-state index contributed by atoms with van der Waals surface area (Å²) in [7, 11) is 0. The Morgan fingerprint density at radius 2 is 1.32 bits per heavy atom. The maximum atomic E-state index is 12.7. The van der Waals surface area contributed by atoms with Crippen molar-refractivity contribution in [2.24, 2.45) is 16.2 Å². The predicted octanol–water partition coefficient (Wildman–Crippen LogP) is 2.97. The average Bonchev–Trinajstić information content (AvgIpc) is 2.57. The highest BCUT2D eigenvalue weighted by Crippen LogP contribution is 2.45. The molecular weight excluding hydrogens is 368 g/mol. The summed E-state index contributed by atoms with van der Waals surface area (Å²) >= 11 is 0. The van der Waals surface area contributed by atoms with Gasteiger partial charge >= 0.3 is 23.9 Å². The zero-order chi connectivity index (χ0) is 22.2. The highest BCUT2D eigenvalue weighted by atomic mass is 16.6. The van der Waals surface area contributed by atoms with Crippen LogP contribution in [0.4, 0.5) is 0 Å². The lowest BCUT2D eigenvalue weighted by atomic mass is 9.65. The van der Waals surface area contributed by atoms with Gasteiger partial charge in [-0.05, 0) is 53.9 Å². The number of carbonyl (C=O) groups is 4. The van der Waals surface area contributed by atoms with E-state index in [4.69, 9.17) is 14.2 Å². The fraction of sp³-hybridized carbons (Fsp3) is 0.800. The third-order valence-corrected chi connectivity index (χ3v) is 4.85. The van der Waals surface area contributed by atoms with Crippen molar-refractivity contribution in [3.63, 3.8) is 0 Å². The van der Waals surface area contributed by atoms with Crippen LogP contribution in [0.1, 0.15) is 67.7 Å². The Balaban J connectivity index is 5.45. The van der Waals surface area contributed by atoms with Gasteiger partial charge in [-0.15, -0.1) is 0 Å². The van der Waals surface area contributed by atoms with E-state index in [1.54, 1.807) is 41.5 Å². The van der Waals surface area contributed by atoms with Gasteiger partial charge in [0.15, 0.2) is 0 Å². The second-order valence-electron chi connectivity index (χ2n) is 8.21. The third kappa shape index (κ3) is 7.48. The molecule has 0 aliphatic carbocycles. The van der Waals surface area contributed by atoms with Gasteiger partial charge in [0.05, 0.1) is 22.9 Å². The molecule has 0 bridgehead atoms. The van der Waals surface area contributed by atoms with Crippen molar-refractivity contribution in [1.82, 2.24) is 0 Å². The molecule has 0 spiro atoms. The fourth-order valence-corrected chi connectivity index (χ4v) is 3.29. The van der Waals surface area contributed by atoms with Gasteiger partial charge in [0.1, 0.15) is 13.2 Å². The third-order valence-electron chi connectivity index (χ3n) is 4.85. The lowest BCUT2D eigenvalue weighted by Crippen LogP contribution is -2.44. The van der Waals surface area contributed by atoms with Crippen molar-refractivity contribution in [1.29, 1.82) is 0 Å². The predicted molar refractivity (Wildman–Crippen MR) is 101 cm³/mol. The van der Waals surface area contributed by atoms with E-state index in [0.717, 1.165) is 0 Å². The molecule has 0 aromatic rings. The zero-order valence-electron chi connectivity index (χ0n) is 18.0. The van der Waals surface area contributed by atoms with Gasteiger partial charge in [-0.25, -0.2) is 0 Å². The Kier molecular flexibility index (Phi) is 9.64. The van der Waals surface area contributed by atoms with Crippen molar-refractivity contribution in [2.75, 3.05) is 19.8 Å². The first-order valence-electron chi connectivity index (χ1n) is 9.45. The normalized spacial score (nSPS) is 15.7. The van der Waals surface area contributed by atoms with E-state index in [0.29, 0.717) is 6.42 Å². The second-order valence-corrected chi connectivity index (χ2v) is 8.21. The standard InChI is InChI=1S/C20H34O8/c1-8-19(6,15(22)23)13-20(7,17(25)26-9-2)12-18(4,5)16(24)28-11-10-27-14(3)21/h8-13H2,1-7H3,(H,22,23).